The van der Waals surface area contributed by atoms with Gasteiger partial charge in [-0.2, -0.15) is 0 Å². The van der Waals surface area contributed by atoms with Crippen LogP contribution in [0.2, 0.25) is 0 Å². The van der Waals surface area contributed by atoms with Crippen LogP contribution in [0.25, 0.3) is 0 Å². The van der Waals surface area contributed by atoms with Crippen LogP contribution in [0.3, 0.4) is 0 Å². The number of anilines is 1. The predicted molar refractivity (Wildman–Crippen MR) is 81.9 cm³/mol. The molecule has 1 aliphatic carbocycles. The zero-order chi connectivity index (χ0) is 14.0. The number of hydrogen-bond acceptors (Lipinski definition) is 2. The highest BCUT2D eigenvalue weighted by atomic mass is 16.3. The van der Waals surface area contributed by atoms with Crippen molar-refractivity contribution < 1.29 is 5.11 Å². The van der Waals surface area contributed by atoms with Crippen LogP contribution < -0.4 is 4.90 Å². The molecule has 2 heteroatoms. The Hall–Kier alpha value is -1.02. The Morgan fingerprint density at radius 3 is 2.11 bits per heavy atom. The molecule has 1 saturated carbocycles. The topological polar surface area (TPSA) is 23.5 Å². The van der Waals surface area contributed by atoms with Crippen LogP contribution in [0.4, 0.5) is 5.69 Å². The second kappa shape index (κ2) is 5.96. The van der Waals surface area contributed by atoms with Crippen molar-refractivity contribution in [2.45, 2.75) is 52.6 Å². The maximum atomic E-state index is 9.58. The van der Waals surface area contributed by atoms with E-state index in [0.29, 0.717) is 0 Å². The predicted octanol–water partition coefficient (Wildman–Crippen LogP) is 3.60. The van der Waals surface area contributed by atoms with Gasteiger partial charge in [-0.15, -0.1) is 0 Å². The molecule has 0 amide bonds. The highest BCUT2D eigenvalue weighted by molar-refractivity contribution is 5.59. The molecule has 1 aromatic rings. The molecule has 1 aliphatic rings. The van der Waals surface area contributed by atoms with Gasteiger partial charge in [0.15, 0.2) is 0 Å². The van der Waals surface area contributed by atoms with Crippen molar-refractivity contribution in [2.75, 3.05) is 18.5 Å². The number of rotatable bonds is 3. The minimum absolute atomic E-state index is 0.0515. The van der Waals surface area contributed by atoms with Gasteiger partial charge in [0, 0.05) is 19.3 Å². The summed E-state index contributed by atoms with van der Waals surface area (Å²) in [6.07, 6.45) is 4.23. The lowest BCUT2D eigenvalue weighted by Gasteiger charge is -2.32. The SMILES string of the molecule is Cc1cc(C)c(N(C)CC2CCC(O)CC2)c(C)c1. The van der Waals surface area contributed by atoms with Crippen molar-refractivity contribution in [2.24, 2.45) is 5.92 Å². The van der Waals surface area contributed by atoms with Crippen molar-refractivity contribution in [3.63, 3.8) is 0 Å². The summed E-state index contributed by atoms with van der Waals surface area (Å²) in [6.45, 7) is 7.68. The summed E-state index contributed by atoms with van der Waals surface area (Å²) in [6, 6.07) is 4.53. The first kappa shape index (κ1) is 14.4. The fraction of sp³-hybridized carbons (Fsp3) is 0.647. The molecule has 0 radical (unpaired) electrons. The van der Waals surface area contributed by atoms with Crippen molar-refractivity contribution in [1.29, 1.82) is 0 Å². The molecule has 0 aliphatic heterocycles. The van der Waals surface area contributed by atoms with Crippen molar-refractivity contribution >= 4 is 5.69 Å². The van der Waals surface area contributed by atoms with Gasteiger partial charge in [0.1, 0.15) is 0 Å². The normalized spacial score (nSPS) is 23.4. The standard InChI is InChI=1S/C17H27NO/c1-12-9-13(2)17(14(3)10-12)18(4)11-15-5-7-16(19)8-6-15/h9-10,15-16,19H,5-8,11H2,1-4H3. The van der Waals surface area contributed by atoms with Gasteiger partial charge in [0.25, 0.3) is 0 Å². The van der Waals surface area contributed by atoms with E-state index >= 15 is 0 Å². The highest BCUT2D eigenvalue weighted by Gasteiger charge is 2.21. The van der Waals surface area contributed by atoms with E-state index in [1.807, 2.05) is 0 Å². The summed E-state index contributed by atoms with van der Waals surface area (Å²) in [4.78, 5) is 2.41. The van der Waals surface area contributed by atoms with Crippen LogP contribution in [0.1, 0.15) is 42.4 Å². The molecule has 1 fully saturated rings. The lowest BCUT2D eigenvalue weighted by molar-refractivity contribution is 0.110. The smallest absolute Gasteiger partial charge is 0.0540 e. The fourth-order valence-electron chi connectivity index (χ4n) is 3.58. The molecule has 0 bridgehead atoms. The minimum atomic E-state index is -0.0515. The molecule has 0 unspecified atom stereocenters. The second-order valence-corrected chi connectivity index (χ2v) is 6.30. The number of aliphatic hydroxyl groups is 1. The molecule has 19 heavy (non-hydrogen) atoms. The van der Waals surface area contributed by atoms with Crippen LogP contribution in [0.5, 0.6) is 0 Å². The molecule has 106 valence electrons. The maximum absolute atomic E-state index is 9.58. The number of aliphatic hydroxyl groups excluding tert-OH is 1. The maximum Gasteiger partial charge on any atom is 0.0540 e. The average molecular weight is 261 g/mol. The summed E-state index contributed by atoms with van der Waals surface area (Å²) in [5, 5.41) is 9.58. The number of aryl methyl sites for hydroxylation is 3. The van der Waals surface area contributed by atoms with E-state index in [4.69, 9.17) is 0 Å². The first-order chi connectivity index (χ1) is 8.97. The first-order valence-corrected chi connectivity index (χ1v) is 7.44. The Labute approximate surface area is 117 Å². The van der Waals surface area contributed by atoms with Gasteiger partial charge >= 0.3 is 0 Å². The average Bonchev–Trinajstić information content (AvgIpc) is 2.30. The van der Waals surface area contributed by atoms with Gasteiger partial charge in [-0.05, 0) is 63.5 Å². The molecule has 2 nitrogen and oxygen atoms in total. The van der Waals surface area contributed by atoms with Crippen molar-refractivity contribution in [1.82, 2.24) is 0 Å². The Morgan fingerprint density at radius 2 is 1.58 bits per heavy atom. The van der Waals surface area contributed by atoms with Crippen LogP contribution in [0.15, 0.2) is 12.1 Å². The van der Waals surface area contributed by atoms with E-state index in [2.05, 4.69) is 44.9 Å². The number of hydrogen-bond donors (Lipinski definition) is 1. The fourth-order valence-corrected chi connectivity index (χ4v) is 3.58. The summed E-state index contributed by atoms with van der Waals surface area (Å²) in [5.74, 6) is 0.730. The molecule has 2 rings (SSSR count). The van der Waals surface area contributed by atoms with E-state index < -0.39 is 0 Å². The van der Waals surface area contributed by atoms with Gasteiger partial charge in [-0.25, -0.2) is 0 Å². The van der Waals surface area contributed by atoms with Gasteiger partial charge in [0.2, 0.25) is 0 Å². The van der Waals surface area contributed by atoms with Crippen LogP contribution in [-0.4, -0.2) is 24.8 Å². The quantitative estimate of drug-likeness (QED) is 0.898. The van der Waals surface area contributed by atoms with E-state index in [1.54, 1.807) is 0 Å². The lowest BCUT2D eigenvalue weighted by atomic mass is 9.87. The van der Waals surface area contributed by atoms with Crippen LogP contribution >= 0.6 is 0 Å². The lowest BCUT2D eigenvalue weighted by Crippen LogP contribution is -2.30. The molecular weight excluding hydrogens is 234 g/mol. The third-order valence-electron chi connectivity index (χ3n) is 4.37. The highest BCUT2D eigenvalue weighted by Crippen LogP contribution is 2.29. The van der Waals surface area contributed by atoms with E-state index in [1.165, 1.54) is 22.4 Å². The molecule has 0 aromatic heterocycles. The van der Waals surface area contributed by atoms with Crippen molar-refractivity contribution in [3.05, 3.63) is 28.8 Å². The summed E-state index contributed by atoms with van der Waals surface area (Å²) in [5.41, 5.74) is 5.47. The van der Waals surface area contributed by atoms with E-state index in [0.717, 1.165) is 38.1 Å². The Balaban J connectivity index is 2.06. The summed E-state index contributed by atoms with van der Waals surface area (Å²) in [7, 11) is 2.20. The second-order valence-electron chi connectivity index (χ2n) is 6.30. The van der Waals surface area contributed by atoms with E-state index in [-0.39, 0.29) is 6.10 Å². The molecule has 1 N–H and O–H groups in total. The van der Waals surface area contributed by atoms with Crippen LogP contribution in [-0.2, 0) is 0 Å². The largest absolute Gasteiger partial charge is 0.393 e. The Bertz CT molecular complexity index is 410. The Kier molecular flexibility index (Phi) is 4.51. The first-order valence-electron chi connectivity index (χ1n) is 7.44. The summed E-state index contributed by atoms with van der Waals surface area (Å²) >= 11 is 0. The van der Waals surface area contributed by atoms with Crippen LogP contribution in [0, 0.1) is 26.7 Å². The van der Waals surface area contributed by atoms with Gasteiger partial charge < -0.3 is 10.0 Å². The molecular formula is C17H27NO. The van der Waals surface area contributed by atoms with Gasteiger partial charge in [-0.3, -0.25) is 0 Å². The molecule has 0 saturated heterocycles. The Morgan fingerprint density at radius 1 is 1.05 bits per heavy atom. The zero-order valence-electron chi connectivity index (χ0n) is 12.7. The third kappa shape index (κ3) is 3.50. The molecule has 0 spiro atoms. The molecule has 1 aromatic carbocycles. The third-order valence-corrected chi connectivity index (χ3v) is 4.37. The van der Waals surface area contributed by atoms with E-state index in [9.17, 15) is 5.11 Å². The molecule has 0 atom stereocenters. The minimum Gasteiger partial charge on any atom is -0.393 e. The summed E-state index contributed by atoms with van der Waals surface area (Å²) < 4.78 is 0. The van der Waals surface area contributed by atoms with Gasteiger partial charge in [-0.1, -0.05) is 17.7 Å². The number of benzene rings is 1. The number of nitrogens with zero attached hydrogens (tertiary/aromatic N) is 1. The van der Waals surface area contributed by atoms with Crippen molar-refractivity contribution in [3.8, 4) is 0 Å². The monoisotopic (exact) mass is 261 g/mol. The molecule has 0 heterocycles. The zero-order valence-corrected chi connectivity index (χ0v) is 12.7. The van der Waals surface area contributed by atoms with Gasteiger partial charge in [0.05, 0.1) is 6.10 Å².